The van der Waals surface area contributed by atoms with Gasteiger partial charge in [-0.3, -0.25) is 13.9 Å². The summed E-state index contributed by atoms with van der Waals surface area (Å²) in [5.74, 6) is -0.873. The molecule has 0 bridgehead atoms. The molecule has 1 unspecified atom stereocenters. The molecule has 0 aliphatic carbocycles. The van der Waals surface area contributed by atoms with E-state index >= 15 is 0 Å². The first-order valence-corrected chi connectivity index (χ1v) is 16.3. The van der Waals surface area contributed by atoms with E-state index in [1.165, 1.54) is 17.0 Å². The summed E-state index contributed by atoms with van der Waals surface area (Å²) in [6.45, 7) is 7.39. The second-order valence-electron chi connectivity index (χ2n) is 10.8. The van der Waals surface area contributed by atoms with Crippen LogP contribution in [0.2, 0.25) is 5.02 Å². The van der Waals surface area contributed by atoms with E-state index in [1.807, 2.05) is 70.2 Å². The summed E-state index contributed by atoms with van der Waals surface area (Å²) in [5, 5.41) is 3.31. The normalized spacial score (nSPS) is 11.9. The van der Waals surface area contributed by atoms with Gasteiger partial charge in [-0.15, -0.1) is 0 Å². The van der Waals surface area contributed by atoms with E-state index in [1.54, 1.807) is 42.5 Å². The van der Waals surface area contributed by atoms with Crippen LogP contribution < -0.4 is 9.62 Å². The van der Waals surface area contributed by atoms with Gasteiger partial charge in [0.1, 0.15) is 12.6 Å². The van der Waals surface area contributed by atoms with Crippen LogP contribution in [0.15, 0.2) is 102 Å². The van der Waals surface area contributed by atoms with Crippen molar-refractivity contribution in [3.05, 3.63) is 130 Å². The van der Waals surface area contributed by atoms with Crippen molar-refractivity contribution < 1.29 is 18.0 Å². The Hall–Kier alpha value is -4.14. The number of likely N-dealkylation sites (N-methyl/N-ethyl adjacent to an activating group) is 1. The average Bonchev–Trinajstić information content (AvgIpc) is 3.00. The Morgan fingerprint density at radius 3 is 2.14 bits per heavy atom. The number of nitrogens with one attached hydrogen (secondary N) is 1. The number of sulfonamides is 1. The molecule has 9 heteroatoms. The number of anilines is 1. The van der Waals surface area contributed by atoms with E-state index in [0.29, 0.717) is 22.8 Å². The zero-order valence-electron chi connectivity index (χ0n) is 25.5. The third-order valence-corrected chi connectivity index (χ3v) is 9.74. The van der Waals surface area contributed by atoms with Crippen LogP contribution in [0, 0.1) is 20.8 Å². The fourth-order valence-electron chi connectivity index (χ4n) is 4.90. The molecule has 2 amide bonds. The molecule has 0 aliphatic rings. The molecular weight excluding hydrogens is 594 g/mol. The second kappa shape index (κ2) is 14.6. The molecular formula is C35H38ClN3O4S. The summed E-state index contributed by atoms with van der Waals surface area (Å²) < 4.78 is 29.5. The molecule has 0 saturated carbocycles. The Labute approximate surface area is 265 Å². The maximum Gasteiger partial charge on any atom is 0.264 e. The van der Waals surface area contributed by atoms with Crippen LogP contribution >= 0.6 is 11.6 Å². The van der Waals surface area contributed by atoms with Crippen molar-refractivity contribution in [2.24, 2.45) is 0 Å². The highest BCUT2D eigenvalue weighted by Gasteiger charge is 2.34. The molecule has 0 saturated heterocycles. The second-order valence-corrected chi connectivity index (χ2v) is 13.1. The van der Waals surface area contributed by atoms with E-state index in [-0.39, 0.29) is 23.8 Å². The first-order valence-electron chi connectivity index (χ1n) is 14.5. The Morgan fingerprint density at radius 2 is 1.50 bits per heavy atom. The third-order valence-electron chi connectivity index (χ3n) is 7.59. The van der Waals surface area contributed by atoms with Gasteiger partial charge < -0.3 is 10.2 Å². The van der Waals surface area contributed by atoms with Gasteiger partial charge in [-0.1, -0.05) is 83.9 Å². The van der Waals surface area contributed by atoms with Crippen molar-refractivity contribution in [3.63, 3.8) is 0 Å². The van der Waals surface area contributed by atoms with Gasteiger partial charge in [0, 0.05) is 24.5 Å². The monoisotopic (exact) mass is 631 g/mol. The molecule has 0 heterocycles. The van der Waals surface area contributed by atoms with Crippen molar-refractivity contribution in [2.45, 2.75) is 51.6 Å². The van der Waals surface area contributed by atoms with Gasteiger partial charge in [0.2, 0.25) is 11.8 Å². The summed E-state index contributed by atoms with van der Waals surface area (Å²) in [5.41, 5.74) is 4.65. The van der Waals surface area contributed by atoms with Gasteiger partial charge >= 0.3 is 0 Å². The van der Waals surface area contributed by atoms with E-state index in [4.69, 9.17) is 11.6 Å². The predicted molar refractivity (Wildman–Crippen MR) is 176 cm³/mol. The molecule has 0 aliphatic heterocycles. The molecule has 4 aromatic carbocycles. The first-order chi connectivity index (χ1) is 21.0. The topological polar surface area (TPSA) is 86.8 Å². The fraction of sp³-hybridized carbons (Fsp3) is 0.257. The van der Waals surface area contributed by atoms with Crippen molar-refractivity contribution in [1.29, 1.82) is 0 Å². The largest absolute Gasteiger partial charge is 0.355 e. The summed E-state index contributed by atoms with van der Waals surface area (Å²) in [6.07, 6.45) is 0.233. The van der Waals surface area contributed by atoms with Gasteiger partial charge in [0.25, 0.3) is 10.0 Å². The lowest BCUT2D eigenvalue weighted by atomic mass is 10.0. The van der Waals surface area contributed by atoms with Gasteiger partial charge in [-0.25, -0.2) is 8.42 Å². The van der Waals surface area contributed by atoms with Crippen LogP contribution in [-0.2, 0) is 32.6 Å². The smallest absolute Gasteiger partial charge is 0.264 e. The van der Waals surface area contributed by atoms with Crippen molar-refractivity contribution >= 4 is 39.1 Å². The highest BCUT2D eigenvalue weighted by molar-refractivity contribution is 7.92. The zero-order chi connectivity index (χ0) is 31.9. The lowest BCUT2D eigenvalue weighted by molar-refractivity contribution is -0.140. The number of hydrogen-bond acceptors (Lipinski definition) is 4. The van der Waals surface area contributed by atoms with Gasteiger partial charge in [-0.2, -0.15) is 0 Å². The van der Waals surface area contributed by atoms with E-state index in [9.17, 15) is 18.0 Å². The highest BCUT2D eigenvalue weighted by Crippen LogP contribution is 2.28. The van der Waals surface area contributed by atoms with E-state index in [2.05, 4.69) is 5.32 Å². The van der Waals surface area contributed by atoms with Crippen molar-refractivity contribution in [3.8, 4) is 0 Å². The lowest BCUT2D eigenvalue weighted by Gasteiger charge is -2.34. The predicted octanol–water partition coefficient (Wildman–Crippen LogP) is 6.24. The Morgan fingerprint density at radius 1 is 0.841 bits per heavy atom. The third kappa shape index (κ3) is 7.87. The zero-order valence-corrected chi connectivity index (χ0v) is 27.0. The number of benzene rings is 4. The van der Waals surface area contributed by atoms with Crippen molar-refractivity contribution in [1.82, 2.24) is 10.2 Å². The minimum absolute atomic E-state index is 0.0124. The maximum absolute atomic E-state index is 14.5. The molecule has 1 N–H and O–H groups in total. The molecule has 230 valence electrons. The van der Waals surface area contributed by atoms with Crippen LogP contribution in [0.5, 0.6) is 0 Å². The molecule has 0 fully saturated rings. The lowest BCUT2D eigenvalue weighted by Crippen LogP contribution is -2.53. The summed E-state index contributed by atoms with van der Waals surface area (Å²) in [7, 11) is -4.17. The number of rotatable bonds is 12. The average molecular weight is 632 g/mol. The molecule has 4 rings (SSSR count). The summed E-state index contributed by atoms with van der Waals surface area (Å²) >= 11 is 6.53. The van der Waals surface area contributed by atoms with Crippen LogP contribution in [0.4, 0.5) is 5.69 Å². The van der Waals surface area contributed by atoms with Crippen molar-refractivity contribution in [2.75, 3.05) is 17.4 Å². The number of aryl methyl sites for hydroxylation is 3. The first kappa shape index (κ1) is 32.8. The van der Waals surface area contributed by atoms with Gasteiger partial charge in [0.15, 0.2) is 0 Å². The Kier molecular flexibility index (Phi) is 10.8. The Balaban J connectivity index is 1.82. The van der Waals surface area contributed by atoms with Gasteiger partial charge in [-0.05, 0) is 80.3 Å². The molecule has 4 aromatic rings. The fourth-order valence-corrected chi connectivity index (χ4v) is 6.50. The minimum atomic E-state index is -4.17. The molecule has 1 atom stereocenters. The quantitative estimate of drug-likeness (QED) is 0.201. The highest BCUT2D eigenvalue weighted by atomic mass is 35.5. The minimum Gasteiger partial charge on any atom is -0.355 e. The summed E-state index contributed by atoms with van der Waals surface area (Å²) in [4.78, 5) is 29.6. The molecule has 44 heavy (non-hydrogen) atoms. The molecule has 0 aromatic heterocycles. The number of nitrogens with zero attached hydrogens (tertiary/aromatic N) is 2. The number of carbonyl (C=O) groups excluding carboxylic acids is 2. The molecule has 0 spiro atoms. The van der Waals surface area contributed by atoms with E-state index in [0.717, 1.165) is 26.6 Å². The number of hydrogen-bond donors (Lipinski definition) is 1. The number of carbonyl (C=O) groups is 2. The molecule has 0 radical (unpaired) electrons. The van der Waals surface area contributed by atoms with Crippen LogP contribution in [0.3, 0.4) is 0 Å². The maximum atomic E-state index is 14.5. The van der Waals surface area contributed by atoms with Crippen LogP contribution in [0.25, 0.3) is 0 Å². The van der Waals surface area contributed by atoms with Gasteiger partial charge in [0.05, 0.1) is 10.6 Å². The van der Waals surface area contributed by atoms with Crippen LogP contribution in [-0.4, -0.2) is 44.3 Å². The summed E-state index contributed by atoms with van der Waals surface area (Å²) in [6, 6.07) is 27.4. The number of halogens is 1. The SMILES string of the molecule is CCNC(=O)C(Cc1ccccc1)N(Cc1ccccc1Cl)C(=O)CN(c1ccc(C)c(C)c1)S(=O)(=O)c1ccc(C)cc1. The number of amides is 2. The standard InChI is InChI=1S/C35H38ClN3O4S/c1-5-37-35(41)33(22-28-11-7-6-8-12-28)38(23-29-13-9-10-14-32(29)36)34(40)24-39(30-18-17-26(3)27(4)21-30)44(42,43)31-19-15-25(2)16-20-31/h6-21,33H,5,22-24H2,1-4H3,(H,37,41). The van der Waals surface area contributed by atoms with Crippen LogP contribution in [0.1, 0.15) is 34.7 Å². The Bertz CT molecular complexity index is 1710. The van der Waals surface area contributed by atoms with E-state index < -0.39 is 28.5 Å². The molecule has 7 nitrogen and oxygen atoms in total.